The smallest absolute Gasteiger partial charge is 0.262 e. The molecule has 0 spiro atoms. The number of aromatic nitrogens is 2. The third-order valence-corrected chi connectivity index (χ3v) is 3.28. The average molecular weight is 291 g/mol. The van der Waals surface area contributed by atoms with Crippen LogP contribution in [0.2, 0.25) is 0 Å². The summed E-state index contributed by atoms with van der Waals surface area (Å²) in [5, 5.41) is 10.0. The number of halogens is 1. The molecule has 0 aliphatic heterocycles. The van der Waals surface area contributed by atoms with E-state index in [2.05, 4.69) is 9.97 Å². The van der Waals surface area contributed by atoms with E-state index in [1.807, 2.05) is 20.8 Å². The first-order valence-electron chi connectivity index (χ1n) is 6.55. The highest BCUT2D eigenvalue weighted by molar-refractivity contribution is 5.67. The van der Waals surface area contributed by atoms with E-state index >= 15 is 0 Å². The zero-order valence-corrected chi connectivity index (χ0v) is 12.1. The Balaban J connectivity index is 2.53. The van der Waals surface area contributed by atoms with Crippen molar-refractivity contribution in [2.75, 3.05) is 0 Å². The van der Waals surface area contributed by atoms with Crippen LogP contribution in [0.1, 0.15) is 32.6 Å². The highest BCUT2D eigenvalue weighted by atomic mass is 19.1. The van der Waals surface area contributed by atoms with Crippen LogP contribution >= 0.6 is 0 Å². The lowest BCUT2D eigenvalue weighted by Gasteiger charge is -2.26. The van der Waals surface area contributed by atoms with Crippen molar-refractivity contribution in [3.8, 4) is 17.0 Å². The van der Waals surface area contributed by atoms with E-state index in [0.29, 0.717) is 5.56 Å². The Hall–Kier alpha value is -2.21. The summed E-state index contributed by atoms with van der Waals surface area (Å²) in [6.07, 6.45) is 0. The van der Waals surface area contributed by atoms with Gasteiger partial charge in [0.15, 0.2) is 0 Å². The highest BCUT2D eigenvalue weighted by Gasteiger charge is 2.26. The van der Waals surface area contributed by atoms with Gasteiger partial charge in [-0.2, -0.15) is 4.98 Å². The first-order valence-corrected chi connectivity index (χ1v) is 6.55. The standard InChI is InChI=1S/C15H18FN3O2/c1-15(2,3)11(17)12-18-13(20)10(14(21)19-12)8-4-6-9(16)7-5-8/h4-7,11H,17H2,1-3H3,(H2,18,19,20,21). The average Bonchev–Trinajstić information content (AvgIpc) is 2.38. The molecule has 0 saturated heterocycles. The summed E-state index contributed by atoms with van der Waals surface area (Å²) in [5.41, 5.74) is 5.58. The second-order valence-corrected chi connectivity index (χ2v) is 6.00. The zero-order chi connectivity index (χ0) is 15.8. The van der Waals surface area contributed by atoms with Crippen molar-refractivity contribution in [2.24, 2.45) is 11.1 Å². The Kier molecular flexibility index (Phi) is 3.82. The number of nitrogens with one attached hydrogen (secondary N) is 1. The molecule has 5 nitrogen and oxygen atoms in total. The quantitative estimate of drug-likeness (QED) is 0.791. The van der Waals surface area contributed by atoms with Gasteiger partial charge in [-0.3, -0.25) is 4.79 Å². The largest absolute Gasteiger partial charge is 0.493 e. The van der Waals surface area contributed by atoms with Crippen LogP contribution < -0.4 is 11.3 Å². The van der Waals surface area contributed by atoms with Gasteiger partial charge in [-0.25, -0.2) is 4.39 Å². The number of hydrogen-bond donors (Lipinski definition) is 3. The van der Waals surface area contributed by atoms with Gasteiger partial charge in [-0.15, -0.1) is 0 Å². The summed E-state index contributed by atoms with van der Waals surface area (Å²) in [6, 6.07) is 4.71. The molecule has 0 radical (unpaired) electrons. The second-order valence-electron chi connectivity index (χ2n) is 6.00. The maximum Gasteiger partial charge on any atom is 0.262 e. The van der Waals surface area contributed by atoms with Gasteiger partial charge in [-0.1, -0.05) is 32.9 Å². The van der Waals surface area contributed by atoms with E-state index in [-0.39, 0.29) is 16.8 Å². The Morgan fingerprint density at radius 2 is 1.86 bits per heavy atom. The van der Waals surface area contributed by atoms with E-state index in [4.69, 9.17) is 5.73 Å². The molecule has 6 heteroatoms. The summed E-state index contributed by atoms with van der Waals surface area (Å²) in [4.78, 5) is 18.7. The summed E-state index contributed by atoms with van der Waals surface area (Å²) in [7, 11) is 0. The molecular formula is C15H18FN3O2. The molecule has 0 bridgehead atoms. The van der Waals surface area contributed by atoms with Crippen molar-refractivity contribution in [3.05, 3.63) is 46.3 Å². The normalized spacial score (nSPS) is 13.2. The molecule has 21 heavy (non-hydrogen) atoms. The predicted octanol–water partition coefficient (Wildman–Crippen LogP) is 2.33. The number of hydrogen-bond acceptors (Lipinski definition) is 4. The van der Waals surface area contributed by atoms with Crippen LogP contribution in [0, 0.1) is 11.2 Å². The summed E-state index contributed by atoms with van der Waals surface area (Å²) in [6.45, 7) is 5.72. The summed E-state index contributed by atoms with van der Waals surface area (Å²) < 4.78 is 12.9. The van der Waals surface area contributed by atoms with E-state index in [1.165, 1.54) is 24.3 Å². The van der Waals surface area contributed by atoms with Gasteiger partial charge >= 0.3 is 0 Å². The van der Waals surface area contributed by atoms with Crippen LogP contribution in [0.25, 0.3) is 11.1 Å². The minimum atomic E-state index is -0.529. The van der Waals surface area contributed by atoms with Gasteiger partial charge in [0, 0.05) is 0 Å². The Morgan fingerprint density at radius 1 is 1.29 bits per heavy atom. The second kappa shape index (κ2) is 5.29. The molecule has 0 aliphatic carbocycles. The molecule has 4 N–H and O–H groups in total. The summed E-state index contributed by atoms with van der Waals surface area (Å²) >= 11 is 0. The topological polar surface area (TPSA) is 92.0 Å². The molecule has 0 amide bonds. The monoisotopic (exact) mass is 291 g/mol. The zero-order valence-electron chi connectivity index (χ0n) is 12.1. The Labute approximate surface area is 121 Å². The number of nitrogens with two attached hydrogens (primary N) is 1. The predicted molar refractivity (Wildman–Crippen MR) is 78.3 cm³/mol. The van der Waals surface area contributed by atoms with Gasteiger partial charge < -0.3 is 15.8 Å². The lowest BCUT2D eigenvalue weighted by molar-refractivity contribution is 0.311. The van der Waals surface area contributed by atoms with Crippen LogP contribution in [0.4, 0.5) is 4.39 Å². The minimum absolute atomic E-state index is 0.000130. The number of aromatic hydroxyl groups is 1. The van der Waals surface area contributed by atoms with Crippen LogP contribution in [0.15, 0.2) is 29.1 Å². The maximum atomic E-state index is 12.9. The fourth-order valence-corrected chi connectivity index (χ4v) is 1.91. The van der Waals surface area contributed by atoms with Gasteiger partial charge in [0.25, 0.3) is 5.56 Å². The first-order chi connectivity index (χ1) is 9.70. The molecule has 1 aromatic carbocycles. The number of nitrogens with zero attached hydrogens (tertiary/aromatic N) is 1. The fraction of sp³-hybridized carbons (Fsp3) is 0.333. The van der Waals surface area contributed by atoms with Crippen LogP contribution in [-0.2, 0) is 0 Å². The molecule has 2 rings (SSSR count). The molecule has 1 unspecified atom stereocenters. The molecule has 2 aromatic rings. The van der Waals surface area contributed by atoms with Crippen LogP contribution in [0.5, 0.6) is 5.88 Å². The van der Waals surface area contributed by atoms with E-state index < -0.39 is 23.3 Å². The van der Waals surface area contributed by atoms with Crippen molar-refractivity contribution < 1.29 is 9.50 Å². The van der Waals surface area contributed by atoms with Gasteiger partial charge in [0.05, 0.1) is 6.04 Å². The highest BCUT2D eigenvalue weighted by Crippen LogP contribution is 2.30. The van der Waals surface area contributed by atoms with Gasteiger partial charge in [0.2, 0.25) is 5.88 Å². The molecule has 112 valence electrons. The first kappa shape index (κ1) is 15.2. The van der Waals surface area contributed by atoms with Crippen LogP contribution in [0.3, 0.4) is 0 Å². The molecule has 1 heterocycles. The molecule has 0 saturated carbocycles. The SMILES string of the molecule is CC(C)(C)C(N)c1nc(O)c(-c2ccc(F)cc2)c(=O)[nH]1. The minimum Gasteiger partial charge on any atom is -0.493 e. The van der Waals surface area contributed by atoms with Crippen molar-refractivity contribution in [1.82, 2.24) is 9.97 Å². The molecule has 1 aromatic heterocycles. The third-order valence-electron chi connectivity index (χ3n) is 3.28. The maximum absolute atomic E-state index is 12.9. The number of rotatable bonds is 2. The van der Waals surface area contributed by atoms with Crippen molar-refractivity contribution in [2.45, 2.75) is 26.8 Å². The molecule has 1 atom stereocenters. The number of aromatic amines is 1. The molecular weight excluding hydrogens is 273 g/mol. The molecule has 0 aliphatic rings. The third kappa shape index (κ3) is 3.11. The van der Waals surface area contributed by atoms with Gasteiger partial charge in [-0.05, 0) is 23.1 Å². The van der Waals surface area contributed by atoms with Crippen molar-refractivity contribution in [1.29, 1.82) is 0 Å². The van der Waals surface area contributed by atoms with Gasteiger partial charge in [0.1, 0.15) is 17.2 Å². The van der Waals surface area contributed by atoms with Crippen molar-refractivity contribution in [3.63, 3.8) is 0 Å². The van der Waals surface area contributed by atoms with Crippen LogP contribution in [-0.4, -0.2) is 15.1 Å². The number of H-pyrrole nitrogens is 1. The summed E-state index contributed by atoms with van der Waals surface area (Å²) in [5.74, 6) is -0.620. The Bertz CT molecular complexity index is 702. The fourth-order valence-electron chi connectivity index (χ4n) is 1.91. The number of benzene rings is 1. The Morgan fingerprint density at radius 3 is 2.33 bits per heavy atom. The lowest BCUT2D eigenvalue weighted by Crippen LogP contribution is -2.30. The lowest BCUT2D eigenvalue weighted by atomic mass is 9.87. The van der Waals surface area contributed by atoms with E-state index in [1.54, 1.807) is 0 Å². The van der Waals surface area contributed by atoms with E-state index in [9.17, 15) is 14.3 Å². The van der Waals surface area contributed by atoms with Crippen molar-refractivity contribution >= 4 is 0 Å². The van der Waals surface area contributed by atoms with E-state index in [0.717, 1.165) is 0 Å². The molecule has 0 fully saturated rings.